The molecular weight excluding hydrogens is 2180 g/mol. The number of hydrogen-bond acceptors (Lipinski definition) is 25. The van der Waals surface area contributed by atoms with Gasteiger partial charge in [-0.15, -0.1) is 69.6 Å². The van der Waals surface area contributed by atoms with Gasteiger partial charge in [0.25, 0.3) is 17.3 Å². The summed E-state index contributed by atoms with van der Waals surface area (Å²) in [6.45, 7) is 6.70. The van der Waals surface area contributed by atoms with E-state index in [1.807, 2.05) is 65.6 Å². The third-order valence-electron chi connectivity index (χ3n) is 16.3. The SMILES string of the molecule is CN(C(=O)OCc1ccc(OC(=O)N[C@H](CCC(=O)O)C(=O)O)cc1)c1ccc(N(CCI)CCI)cc1.Cn1cc(N(CCCl)CCCl)nc1[N+](=O)[O-].NC(=O)c1cc(N(CCCl)CCCl)c([N+](=O)[O-])cc1[N+](=O)[O-].N[C@@H](Cc1ccc(N(CCCl)CCCl)cc1)C(=O)O.O=C(O)CC[C@@H](NC(=O)Oc1ccc(N(CCI)CCI)cc1)C(=O)O. The van der Waals surface area contributed by atoms with Crippen LogP contribution < -0.4 is 61.0 Å². The molecule has 3 atom stereocenters. The number of nitrogens with two attached hydrogens (primary N) is 2. The second-order valence-corrected chi connectivity index (χ2v) is 31.2. The number of nitrogens with zero attached hydrogens (tertiary/aromatic N) is 11. The van der Waals surface area contributed by atoms with E-state index in [0.717, 1.165) is 85.7 Å². The minimum atomic E-state index is -1.39. The van der Waals surface area contributed by atoms with Crippen LogP contribution >= 0.6 is 160 Å². The minimum Gasteiger partial charge on any atom is -0.481 e. The first-order chi connectivity index (χ1) is 57.5. The number of carboxylic acid groups (broad SMARTS) is 5. The fourth-order valence-electron chi connectivity index (χ4n) is 10.3. The van der Waals surface area contributed by atoms with Gasteiger partial charge in [0.2, 0.25) is 5.82 Å². The molecule has 11 N–H and O–H groups in total. The zero-order valence-corrected chi connectivity index (χ0v) is 78.2. The number of nitrogens with one attached hydrogen (secondary N) is 2. The number of aromatic nitrogens is 2. The number of nitro benzene ring substituents is 2. The average Bonchev–Trinajstić information content (AvgIpc) is 1.30. The highest BCUT2D eigenvalue weighted by molar-refractivity contribution is 14.1. The quantitative estimate of drug-likeness (QED) is 0.00741. The van der Waals surface area contributed by atoms with Crippen molar-refractivity contribution < 1.29 is 97.7 Å². The lowest BCUT2D eigenvalue weighted by atomic mass is 10.1. The molecule has 4 amide bonds. The fraction of sp³-hybridized carbons (Fsp3) is 0.425. The molecule has 0 saturated carbocycles. The van der Waals surface area contributed by atoms with E-state index in [9.17, 15) is 73.5 Å². The summed E-state index contributed by atoms with van der Waals surface area (Å²) < 4.78 is 20.9. The Morgan fingerprint density at radius 2 is 0.868 bits per heavy atom. The molecule has 121 heavy (non-hydrogen) atoms. The Labute approximate surface area is 780 Å². The van der Waals surface area contributed by atoms with Gasteiger partial charge in [-0.2, -0.15) is 0 Å². The molecule has 6 rings (SSSR count). The van der Waals surface area contributed by atoms with Gasteiger partial charge in [0, 0.05) is 161 Å². The smallest absolute Gasteiger partial charge is 0.436 e. The number of carbonyl (C=O) groups excluding carboxylic acids is 4. The molecule has 0 unspecified atom stereocenters. The van der Waals surface area contributed by atoms with E-state index in [0.29, 0.717) is 66.2 Å². The first-order valence-electron chi connectivity index (χ1n) is 35.9. The number of aliphatic carboxylic acids is 5. The number of hydrogen-bond donors (Lipinski definition) is 9. The maximum Gasteiger partial charge on any atom is 0.436 e. The van der Waals surface area contributed by atoms with E-state index >= 15 is 0 Å². The summed E-state index contributed by atoms with van der Waals surface area (Å²) in [6, 6.07) is 26.6. The minimum absolute atomic E-state index is 0.00528. The number of amides is 4. The highest BCUT2D eigenvalue weighted by Crippen LogP contribution is 2.36. The number of primary amides is 1. The molecular formula is C73H91Cl6I4N15O23. The van der Waals surface area contributed by atoms with Crippen molar-refractivity contribution in [2.75, 3.05) is 155 Å². The van der Waals surface area contributed by atoms with Gasteiger partial charge in [0.15, 0.2) is 0 Å². The first kappa shape index (κ1) is 109. The predicted octanol–water partition coefficient (Wildman–Crippen LogP) is 12.7. The summed E-state index contributed by atoms with van der Waals surface area (Å²) in [5.41, 5.74) is 14.3. The number of aryl methyl sites for hydroxylation is 1. The van der Waals surface area contributed by atoms with Crippen molar-refractivity contribution in [3.63, 3.8) is 0 Å². The third kappa shape index (κ3) is 41.2. The van der Waals surface area contributed by atoms with E-state index in [2.05, 4.69) is 121 Å². The van der Waals surface area contributed by atoms with Gasteiger partial charge >= 0.3 is 54.1 Å². The van der Waals surface area contributed by atoms with Gasteiger partial charge in [-0.05, 0) is 119 Å². The number of nitro groups is 3. The predicted molar refractivity (Wildman–Crippen MR) is 498 cm³/mol. The van der Waals surface area contributed by atoms with Crippen LogP contribution in [0.25, 0.3) is 0 Å². The summed E-state index contributed by atoms with van der Waals surface area (Å²) in [7, 11) is 3.20. The van der Waals surface area contributed by atoms with Gasteiger partial charge in [-0.25, -0.2) is 28.5 Å². The Balaban J connectivity index is 0.000000530. The van der Waals surface area contributed by atoms with Crippen LogP contribution in [-0.4, -0.2) is 247 Å². The third-order valence-corrected chi connectivity index (χ3v) is 19.2. The van der Waals surface area contributed by atoms with Crippen molar-refractivity contribution in [1.29, 1.82) is 0 Å². The summed E-state index contributed by atoms with van der Waals surface area (Å²) in [4.78, 5) is 148. The van der Waals surface area contributed by atoms with Crippen LogP contribution in [0.5, 0.6) is 11.5 Å². The molecule has 0 saturated heterocycles. The van der Waals surface area contributed by atoms with Crippen LogP contribution in [0.1, 0.15) is 47.2 Å². The molecule has 1 heterocycles. The summed E-state index contributed by atoms with van der Waals surface area (Å²) in [6.07, 6.45) is -1.87. The lowest BCUT2D eigenvalue weighted by Crippen LogP contribution is -2.42. The molecule has 0 aliphatic carbocycles. The number of anilines is 6. The zero-order chi connectivity index (χ0) is 90.8. The number of carbonyl (C=O) groups is 9. The Morgan fingerprint density at radius 1 is 0.504 bits per heavy atom. The van der Waals surface area contributed by atoms with E-state index in [4.69, 9.17) is 121 Å². The molecule has 0 fully saturated rings. The van der Waals surface area contributed by atoms with Crippen LogP contribution in [-0.2, 0) is 48.8 Å². The molecule has 0 aliphatic heterocycles. The number of carboxylic acids is 5. The Bertz CT molecular complexity index is 4250. The first-order valence-corrected chi connectivity index (χ1v) is 45.2. The zero-order valence-electron chi connectivity index (χ0n) is 65.0. The Kier molecular flexibility index (Phi) is 54.3. The second kappa shape index (κ2) is 60.3. The van der Waals surface area contributed by atoms with E-state index in [-0.39, 0.29) is 73.9 Å². The van der Waals surface area contributed by atoms with Gasteiger partial charge in [-0.3, -0.25) is 44.3 Å². The fourth-order valence-corrected chi connectivity index (χ4v) is 13.9. The highest BCUT2D eigenvalue weighted by atomic mass is 127. The van der Waals surface area contributed by atoms with Crippen LogP contribution in [0.2, 0.25) is 0 Å². The standard InChI is InChI=1S/C25H29I2N3O8.C16H20I2N2O6.C13H18Cl2N2O2.C11H12Cl2N4O5.C8H12Cl2N4O2/c1-29(18-4-6-19(7-5-18)30(14-12-26)15-13-27)25(36)37-16-17-2-8-20(9-3-17)38-24(35)28-21(23(33)34)10-11-22(31)32;17-7-9-20(10-8-18)11-1-3-12(4-2-11)26-16(25)19-13(15(23)24)5-6-14(21)22;14-5-7-17(8-6-15)11-3-1-10(2-4-11)9-12(16)13(18)19;12-1-3-15(4-2-13)9-5-7(11(14)18)8(16(19)20)6-10(9)17(21)22;1-12-6-7(11-8(12)14(15)16)13(4-2-9)5-3-10/h2-9,21H,10-16H2,1H3,(H,28,35)(H,31,32)(H,33,34);1-4,13H,5-10H2,(H,19,25)(H,21,22)(H,23,24);1-4,12H,5-9,16H2,(H,18,19);5-6H,1-4H2,(H2,14,18);6H,2-5H2,1H3/t21-;13-;12-;;/m110../s1. The maximum absolute atomic E-state index is 12.5. The van der Waals surface area contributed by atoms with Gasteiger partial charge in [0.05, 0.1) is 23.0 Å². The van der Waals surface area contributed by atoms with Crippen molar-refractivity contribution in [2.45, 2.75) is 56.8 Å². The molecule has 0 radical (unpaired) electrons. The molecule has 6 aromatic rings. The Hall–Kier alpha value is -8.24. The van der Waals surface area contributed by atoms with Gasteiger partial charge in [0.1, 0.15) is 53.7 Å². The van der Waals surface area contributed by atoms with Gasteiger partial charge in [-0.1, -0.05) is 115 Å². The molecule has 48 heteroatoms. The number of halogens is 10. The summed E-state index contributed by atoms with van der Waals surface area (Å²) >= 11 is 43.4. The van der Waals surface area contributed by atoms with Crippen molar-refractivity contribution >= 4 is 266 Å². The van der Waals surface area contributed by atoms with Crippen molar-refractivity contribution in [3.05, 3.63) is 162 Å². The molecule has 666 valence electrons. The molecule has 38 nitrogen and oxygen atoms in total. The number of alkyl halides is 10. The average molecular weight is 2270 g/mol. The van der Waals surface area contributed by atoms with Crippen molar-refractivity contribution in [1.82, 2.24) is 20.2 Å². The van der Waals surface area contributed by atoms with E-state index < -0.39 is 110 Å². The lowest BCUT2D eigenvalue weighted by molar-refractivity contribution is -0.396. The van der Waals surface area contributed by atoms with Crippen LogP contribution in [0.3, 0.4) is 0 Å². The highest BCUT2D eigenvalue weighted by Gasteiger charge is 2.31. The van der Waals surface area contributed by atoms with Crippen LogP contribution in [0, 0.1) is 30.3 Å². The molecule has 0 spiro atoms. The van der Waals surface area contributed by atoms with Crippen molar-refractivity contribution in [2.24, 2.45) is 18.5 Å². The number of rotatable bonds is 47. The maximum atomic E-state index is 12.5. The number of benzene rings is 5. The summed E-state index contributed by atoms with van der Waals surface area (Å²) in [5, 5.41) is 81.2. The van der Waals surface area contributed by atoms with E-state index in [1.165, 1.54) is 26.5 Å². The lowest BCUT2D eigenvalue weighted by Gasteiger charge is -2.24. The number of imidazole rings is 1. The molecule has 1 aromatic heterocycles. The van der Waals surface area contributed by atoms with Crippen LogP contribution in [0.4, 0.5) is 66.0 Å². The second-order valence-electron chi connectivity index (χ2n) is 24.6. The number of ether oxygens (including phenoxy) is 3. The molecule has 0 aliphatic rings. The monoisotopic (exact) mass is 2260 g/mol. The van der Waals surface area contributed by atoms with Crippen LogP contribution in [0.15, 0.2) is 115 Å². The molecule has 5 aromatic carbocycles. The topological polar surface area (TPSA) is 525 Å². The largest absolute Gasteiger partial charge is 0.481 e. The Morgan fingerprint density at radius 3 is 1.22 bits per heavy atom. The van der Waals surface area contributed by atoms with E-state index in [1.54, 1.807) is 44.6 Å². The van der Waals surface area contributed by atoms with Gasteiger partial charge < -0.3 is 96.5 Å². The molecule has 0 bridgehead atoms. The van der Waals surface area contributed by atoms with Crippen molar-refractivity contribution in [3.8, 4) is 11.5 Å². The normalized spacial score (nSPS) is 11.1. The summed E-state index contributed by atoms with van der Waals surface area (Å²) in [5.74, 6) is -4.09.